The van der Waals surface area contributed by atoms with Crippen LogP contribution in [-0.2, 0) is 26.2 Å². The Bertz CT molecular complexity index is 1150. The van der Waals surface area contributed by atoms with Crippen molar-refractivity contribution < 1.29 is 18.0 Å². The molecule has 36 heavy (non-hydrogen) atoms. The molecule has 2 aromatic rings. The fraction of sp³-hybridized carbons (Fsp3) is 0.481. The Morgan fingerprint density at radius 3 is 2.33 bits per heavy atom. The van der Waals surface area contributed by atoms with Crippen molar-refractivity contribution in [3.8, 4) is 0 Å². The quantitative estimate of drug-likeness (QED) is 0.481. The first-order valence-electron chi connectivity index (χ1n) is 12.5. The Labute approximate surface area is 219 Å². The third-order valence-corrected chi connectivity index (χ3v) is 8.00. The molecule has 0 spiro atoms. The van der Waals surface area contributed by atoms with Crippen LogP contribution < -0.4 is 9.62 Å². The van der Waals surface area contributed by atoms with Gasteiger partial charge in [0.2, 0.25) is 21.8 Å². The van der Waals surface area contributed by atoms with Gasteiger partial charge < -0.3 is 10.2 Å². The minimum absolute atomic E-state index is 0.109. The van der Waals surface area contributed by atoms with E-state index in [2.05, 4.69) is 5.32 Å². The maximum absolute atomic E-state index is 13.8. The molecule has 0 heterocycles. The summed E-state index contributed by atoms with van der Waals surface area (Å²) in [6, 6.07) is 13.7. The summed E-state index contributed by atoms with van der Waals surface area (Å²) in [6.45, 7) is 3.40. The van der Waals surface area contributed by atoms with Crippen LogP contribution in [0.2, 0.25) is 5.02 Å². The van der Waals surface area contributed by atoms with Crippen molar-refractivity contribution in [2.75, 3.05) is 17.1 Å². The van der Waals surface area contributed by atoms with Crippen LogP contribution in [0.1, 0.15) is 56.6 Å². The van der Waals surface area contributed by atoms with E-state index in [1.54, 1.807) is 25.1 Å². The highest BCUT2D eigenvalue weighted by atomic mass is 35.5. The smallest absolute Gasteiger partial charge is 0.244 e. The van der Waals surface area contributed by atoms with E-state index in [9.17, 15) is 18.0 Å². The largest absolute Gasteiger partial charge is 0.352 e. The maximum atomic E-state index is 13.8. The zero-order chi connectivity index (χ0) is 26.3. The van der Waals surface area contributed by atoms with Gasteiger partial charge in [-0.05, 0) is 55.5 Å². The summed E-state index contributed by atoms with van der Waals surface area (Å²) in [5, 5.41) is 3.62. The minimum atomic E-state index is -3.79. The molecule has 2 aromatic carbocycles. The van der Waals surface area contributed by atoms with Crippen molar-refractivity contribution in [1.29, 1.82) is 0 Å². The lowest BCUT2D eigenvalue weighted by Gasteiger charge is -2.34. The van der Waals surface area contributed by atoms with Crippen LogP contribution in [0, 0.1) is 6.92 Å². The molecular formula is C27H36ClN3O4S. The maximum Gasteiger partial charge on any atom is 0.244 e. The Morgan fingerprint density at radius 2 is 1.75 bits per heavy atom. The molecule has 9 heteroatoms. The number of nitrogens with one attached hydrogen (secondary N) is 1. The normalized spacial score (nSPS) is 15.2. The second-order valence-corrected chi connectivity index (χ2v) is 11.8. The van der Waals surface area contributed by atoms with Crippen LogP contribution in [0.5, 0.6) is 0 Å². The van der Waals surface area contributed by atoms with E-state index in [4.69, 9.17) is 11.6 Å². The van der Waals surface area contributed by atoms with Crippen LogP contribution in [0.25, 0.3) is 0 Å². The zero-order valence-electron chi connectivity index (χ0n) is 21.2. The first kappa shape index (κ1) is 28.0. The molecule has 1 saturated carbocycles. The van der Waals surface area contributed by atoms with Gasteiger partial charge in [-0.1, -0.05) is 68.1 Å². The first-order chi connectivity index (χ1) is 17.1. The van der Waals surface area contributed by atoms with Gasteiger partial charge in [0, 0.05) is 17.6 Å². The van der Waals surface area contributed by atoms with Crippen LogP contribution in [0.3, 0.4) is 0 Å². The van der Waals surface area contributed by atoms with Gasteiger partial charge in [0.25, 0.3) is 0 Å². The molecule has 1 N–H and O–H groups in total. The molecule has 0 unspecified atom stereocenters. The summed E-state index contributed by atoms with van der Waals surface area (Å²) in [6.07, 6.45) is 6.70. The van der Waals surface area contributed by atoms with E-state index < -0.39 is 28.5 Å². The molecule has 2 amide bonds. The van der Waals surface area contributed by atoms with Crippen molar-refractivity contribution in [2.45, 2.75) is 71.0 Å². The highest BCUT2D eigenvalue weighted by Crippen LogP contribution is 2.26. The Morgan fingerprint density at radius 1 is 1.08 bits per heavy atom. The van der Waals surface area contributed by atoms with Gasteiger partial charge >= 0.3 is 0 Å². The number of hydrogen-bond acceptors (Lipinski definition) is 4. The van der Waals surface area contributed by atoms with Gasteiger partial charge in [0.15, 0.2) is 0 Å². The second kappa shape index (κ2) is 12.6. The van der Waals surface area contributed by atoms with Gasteiger partial charge in [0.1, 0.15) is 12.6 Å². The monoisotopic (exact) mass is 533 g/mol. The average Bonchev–Trinajstić information content (AvgIpc) is 2.83. The van der Waals surface area contributed by atoms with E-state index >= 15 is 0 Å². The number of aryl methyl sites for hydroxylation is 1. The van der Waals surface area contributed by atoms with Crippen molar-refractivity contribution in [1.82, 2.24) is 10.2 Å². The lowest BCUT2D eigenvalue weighted by Crippen LogP contribution is -2.54. The third-order valence-electron chi connectivity index (χ3n) is 6.64. The van der Waals surface area contributed by atoms with Gasteiger partial charge in [-0.3, -0.25) is 13.9 Å². The molecule has 3 rings (SSSR count). The third kappa shape index (κ3) is 7.46. The number of anilines is 1. The summed E-state index contributed by atoms with van der Waals surface area (Å²) in [5.41, 5.74) is 1.88. The highest BCUT2D eigenvalue weighted by molar-refractivity contribution is 7.92. The molecule has 0 aliphatic heterocycles. The van der Waals surface area contributed by atoms with E-state index in [-0.39, 0.29) is 18.5 Å². The summed E-state index contributed by atoms with van der Waals surface area (Å²) in [5.74, 6) is -0.633. The fourth-order valence-corrected chi connectivity index (χ4v) is 5.87. The number of nitrogens with zero attached hydrogens (tertiary/aromatic N) is 2. The topological polar surface area (TPSA) is 86.8 Å². The predicted molar refractivity (Wildman–Crippen MR) is 144 cm³/mol. The van der Waals surface area contributed by atoms with Crippen LogP contribution >= 0.6 is 11.6 Å². The molecule has 0 aromatic heterocycles. The lowest BCUT2D eigenvalue weighted by molar-refractivity contribution is -0.140. The van der Waals surface area contributed by atoms with Crippen LogP contribution in [0.15, 0.2) is 48.5 Å². The molecule has 0 bridgehead atoms. The molecule has 1 fully saturated rings. The first-order valence-corrected chi connectivity index (χ1v) is 14.7. The van der Waals surface area contributed by atoms with Gasteiger partial charge in [-0.2, -0.15) is 0 Å². The molecule has 196 valence electrons. The number of halogens is 1. The van der Waals surface area contributed by atoms with E-state index in [0.29, 0.717) is 22.7 Å². The molecular weight excluding hydrogens is 498 g/mol. The summed E-state index contributed by atoms with van der Waals surface area (Å²) >= 11 is 6.07. The number of benzene rings is 2. The standard InChI is InChI=1S/C27H36ClN3O4S/c1-4-24(27(33)29-23-13-9-6-10-14-23)30(18-21-11-7-5-8-12-21)26(32)19-31(36(3,34)35)25-16-15-22(28)17-20(25)2/h5,7-8,11-12,15-17,23-24H,4,6,9-10,13-14,18-19H2,1-3H3,(H,29,33)/t24-/m1/s1. The minimum Gasteiger partial charge on any atom is -0.352 e. The summed E-state index contributed by atoms with van der Waals surface area (Å²) < 4.78 is 26.6. The molecule has 1 atom stereocenters. The number of sulfonamides is 1. The summed E-state index contributed by atoms with van der Waals surface area (Å²) in [7, 11) is -3.79. The number of rotatable bonds is 10. The Kier molecular flexibility index (Phi) is 9.79. The number of amides is 2. The van der Waals surface area contributed by atoms with Gasteiger partial charge in [-0.15, -0.1) is 0 Å². The average molecular weight is 534 g/mol. The molecule has 1 aliphatic rings. The van der Waals surface area contributed by atoms with Crippen molar-refractivity contribution in [3.63, 3.8) is 0 Å². The van der Waals surface area contributed by atoms with E-state index in [1.807, 2.05) is 37.3 Å². The zero-order valence-corrected chi connectivity index (χ0v) is 22.8. The Hall–Kier alpha value is -2.58. The molecule has 7 nitrogen and oxygen atoms in total. The number of carbonyl (C=O) groups is 2. The SMILES string of the molecule is CC[C@H](C(=O)NC1CCCCC1)N(Cc1ccccc1)C(=O)CN(c1ccc(Cl)cc1C)S(C)(=O)=O. The number of carbonyl (C=O) groups excluding carboxylic acids is 2. The molecule has 0 saturated heterocycles. The van der Waals surface area contributed by atoms with Crippen LogP contribution in [-0.4, -0.2) is 50.0 Å². The van der Waals surface area contributed by atoms with Crippen molar-refractivity contribution in [3.05, 3.63) is 64.7 Å². The van der Waals surface area contributed by atoms with Crippen LogP contribution in [0.4, 0.5) is 5.69 Å². The summed E-state index contributed by atoms with van der Waals surface area (Å²) in [4.78, 5) is 28.6. The van der Waals surface area contributed by atoms with E-state index in [0.717, 1.165) is 41.8 Å². The van der Waals surface area contributed by atoms with Crippen molar-refractivity contribution >= 4 is 39.1 Å². The lowest BCUT2D eigenvalue weighted by atomic mass is 9.95. The predicted octanol–water partition coefficient (Wildman–Crippen LogP) is 4.67. The Balaban J connectivity index is 1.91. The second-order valence-electron chi connectivity index (χ2n) is 9.48. The molecule has 0 radical (unpaired) electrons. The van der Waals surface area contributed by atoms with Crippen molar-refractivity contribution in [2.24, 2.45) is 0 Å². The highest BCUT2D eigenvalue weighted by Gasteiger charge is 2.33. The fourth-order valence-electron chi connectivity index (χ4n) is 4.74. The number of hydrogen-bond donors (Lipinski definition) is 1. The van der Waals surface area contributed by atoms with Gasteiger partial charge in [-0.25, -0.2) is 8.42 Å². The molecule has 1 aliphatic carbocycles. The van der Waals surface area contributed by atoms with E-state index in [1.165, 1.54) is 11.3 Å². The van der Waals surface area contributed by atoms with Gasteiger partial charge in [0.05, 0.1) is 11.9 Å².